The molecule has 2 aromatic carbocycles. The number of hydrogen-bond acceptors (Lipinski definition) is 3. The third-order valence-corrected chi connectivity index (χ3v) is 5.82. The maximum absolute atomic E-state index is 13.2. The number of likely N-dealkylation sites (tertiary alicyclic amines) is 1. The van der Waals surface area contributed by atoms with Crippen molar-refractivity contribution in [1.82, 2.24) is 4.90 Å². The van der Waals surface area contributed by atoms with Gasteiger partial charge in [0.05, 0.1) is 5.56 Å². The van der Waals surface area contributed by atoms with Crippen molar-refractivity contribution in [3.63, 3.8) is 0 Å². The molecule has 2 amide bonds. The Labute approximate surface area is 177 Å². The van der Waals surface area contributed by atoms with Crippen LogP contribution in [0.2, 0.25) is 0 Å². The summed E-state index contributed by atoms with van der Waals surface area (Å²) in [5, 5.41) is 2.05. The molecule has 3 rings (SSSR count). The molecule has 0 radical (unpaired) electrons. The van der Waals surface area contributed by atoms with E-state index < -0.39 is 5.38 Å². The van der Waals surface area contributed by atoms with Gasteiger partial charge in [0.15, 0.2) is 0 Å². The monoisotopic (exact) mass is 413 g/mol. The maximum atomic E-state index is 13.2. The SMILES string of the molecule is CC1CCN(C(=O)c2cc(NC(=O)[C@H](Cl)c3ccccc3)ccc2N(C)C)CC1. The van der Waals surface area contributed by atoms with E-state index in [1.54, 1.807) is 12.1 Å². The van der Waals surface area contributed by atoms with E-state index in [1.807, 2.05) is 60.3 Å². The number of amides is 2. The molecule has 0 aromatic heterocycles. The van der Waals surface area contributed by atoms with Gasteiger partial charge in [-0.2, -0.15) is 0 Å². The summed E-state index contributed by atoms with van der Waals surface area (Å²) in [6.45, 7) is 3.75. The fraction of sp³-hybridized carbons (Fsp3) is 0.391. The normalized spacial score (nSPS) is 15.7. The number of benzene rings is 2. The number of carbonyl (C=O) groups is 2. The highest BCUT2D eigenvalue weighted by Gasteiger charge is 2.25. The summed E-state index contributed by atoms with van der Waals surface area (Å²) in [6, 6.07) is 14.6. The Morgan fingerprint density at radius 2 is 1.76 bits per heavy atom. The summed E-state index contributed by atoms with van der Waals surface area (Å²) < 4.78 is 0. The molecule has 0 spiro atoms. The van der Waals surface area contributed by atoms with Crippen molar-refractivity contribution < 1.29 is 9.59 Å². The first kappa shape index (κ1) is 21.2. The lowest BCUT2D eigenvalue weighted by molar-refractivity contribution is -0.116. The summed E-state index contributed by atoms with van der Waals surface area (Å²) in [7, 11) is 3.82. The van der Waals surface area contributed by atoms with Crippen LogP contribution in [-0.2, 0) is 4.79 Å². The maximum Gasteiger partial charge on any atom is 0.256 e. The minimum absolute atomic E-state index is 0.00202. The van der Waals surface area contributed by atoms with Gasteiger partial charge >= 0.3 is 0 Å². The van der Waals surface area contributed by atoms with E-state index in [4.69, 9.17) is 11.6 Å². The molecular formula is C23H28ClN3O2. The fourth-order valence-electron chi connectivity index (χ4n) is 3.54. The number of halogens is 1. The van der Waals surface area contributed by atoms with Crippen molar-refractivity contribution in [3.05, 3.63) is 59.7 Å². The zero-order valence-corrected chi connectivity index (χ0v) is 17.9. The fourth-order valence-corrected chi connectivity index (χ4v) is 3.74. The lowest BCUT2D eigenvalue weighted by Crippen LogP contribution is -2.38. The zero-order chi connectivity index (χ0) is 21.0. The van der Waals surface area contributed by atoms with E-state index in [-0.39, 0.29) is 11.8 Å². The summed E-state index contributed by atoms with van der Waals surface area (Å²) in [5.41, 5.74) is 2.72. The molecule has 154 valence electrons. The highest BCUT2D eigenvalue weighted by Crippen LogP contribution is 2.28. The van der Waals surface area contributed by atoms with Crippen LogP contribution in [-0.4, -0.2) is 43.9 Å². The van der Waals surface area contributed by atoms with Crippen LogP contribution in [0.15, 0.2) is 48.5 Å². The van der Waals surface area contributed by atoms with Gasteiger partial charge in [0.25, 0.3) is 5.91 Å². The summed E-state index contributed by atoms with van der Waals surface area (Å²) in [4.78, 5) is 29.6. The number of rotatable bonds is 5. The first-order valence-corrected chi connectivity index (χ1v) is 10.4. The van der Waals surface area contributed by atoms with Crippen LogP contribution >= 0.6 is 11.6 Å². The quantitative estimate of drug-likeness (QED) is 0.732. The molecule has 29 heavy (non-hydrogen) atoms. The minimum atomic E-state index is -0.799. The topological polar surface area (TPSA) is 52.7 Å². The predicted octanol–water partition coefficient (Wildman–Crippen LogP) is 4.54. The average Bonchev–Trinajstić information content (AvgIpc) is 2.73. The second-order valence-electron chi connectivity index (χ2n) is 7.86. The van der Waals surface area contributed by atoms with Crippen molar-refractivity contribution in [1.29, 1.82) is 0 Å². The average molecular weight is 414 g/mol. The standard InChI is InChI=1S/C23H28ClN3O2/c1-16-11-13-27(14-12-16)23(29)19-15-18(9-10-20(19)26(2)3)25-22(28)21(24)17-7-5-4-6-8-17/h4-10,15-16,21H,11-14H2,1-3H3,(H,25,28)/t21-/m1/s1. The number of nitrogens with zero attached hydrogens (tertiary/aromatic N) is 2. The van der Waals surface area contributed by atoms with Gasteiger partial charge in [-0.1, -0.05) is 37.3 Å². The van der Waals surface area contributed by atoms with E-state index in [2.05, 4.69) is 12.2 Å². The van der Waals surface area contributed by atoms with Crippen LogP contribution in [0.25, 0.3) is 0 Å². The Bertz CT molecular complexity index is 862. The van der Waals surface area contributed by atoms with Crippen molar-refractivity contribution >= 4 is 34.8 Å². The van der Waals surface area contributed by atoms with Crippen LogP contribution in [0, 0.1) is 5.92 Å². The number of nitrogens with one attached hydrogen (secondary N) is 1. The zero-order valence-electron chi connectivity index (χ0n) is 17.2. The molecule has 0 bridgehead atoms. The van der Waals surface area contributed by atoms with Crippen LogP contribution in [0.3, 0.4) is 0 Å². The van der Waals surface area contributed by atoms with Gasteiger partial charge < -0.3 is 15.1 Å². The lowest BCUT2D eigenvalue weighted by Gasteiger charge is -2.31. The van der Waals surface area contributed by atoms with Gasteiger partial charge in [-0.05, 0) is 42.5 Å². The molecule has 1 aliphatic rings. The smallest absolute Gasteiger partial charge is 0.256 e. The van der Waals surface area contributed by atoms with E-state index in [9.17, 15) is 9.59 Å². The first-order valence-electron chi connectivity index (χ1n) is 9.97. The molecule has 1 N–H and O–H groups in total. The molecule has 2 aromatic rings. The summed E-state index contributed by atoms with van der Waals surface area (Å²) in [5.74, 6) is 0.333. The van der Waals surface area contributed by atoms with Gasteiger partial charge in [0.2, 0.25) is 5.91 Å². The molecule has 1 aliphatic heterocycles. The third-order valence-electron chi connectivity index (χ3n) is 5.37. The molecule has 5 nitrogen and oxygen atoms in total. The molecule has 1 atom stereocenters. The van der Waals surface area contributed by atoms with Gasteiger partial charge in [0, 0.05) is 38.6 Å². The number of carbonyl (C=O) groups excluding carboxylic acids is 2. The van der Waals surface area contributed by atoms with Crippen LogP contribution in [0.1, 0.15) is 41.1 Å². The number of anilines is 2. The van der Waals surface area contributed by atoms with E-state index in [0.29, 0.717) is 17.2 Å². The molecule has 0 saturated carbocycles. The molecule has 0 unspecified atom stereocenters. The predicted molar refractivity (Wildman–Crippen MR) is 119 cm³/mol. The largest absolute Gasteiger partial charge is 0.377 e. The third kappa shape index (κ3) is 5.10. The van der Waals surface area contributed by atoms with Crippen LogP contribution in [0.5, 0.6) is 0 Å². The van der Waals surface area contributed by atoms with Gasteiger partial charge in [-0.15, -0.1) is 11.6 Å². The highest BCUT2D eigenvalue weighted by molar-refractivity contribution is 6.32. The van der Waals surface area contributed by atoms with Crippen molar-refractivity contribution in [2.45, 2.75) is 25.1 Å². The second-order valence-corrected chi connectivity index (χ2v) is 8.30. The first-order chi connectivity index (χ1) is 13.9. The molecule has 1 saturated heterocycles. The van der Waals surface area contributed by atoms with E-state index >= 15 is 0 Å². The molecule has 0 aliphatic carbocycles. The van der Waals surface area contributed by atoms with Crippen molar-refractivity contribution in [2.75, 3.05) is 37.4 Å². The number of alkyl halides is 1. The van der Waals surface area contributed by atoms with Gasteiger partial charge in [0.1, 0.15) is 5.38 Å². The van der Waals surface area contributed by atoms with Gasteiger partial charge in [-0.3, -0.25) is 9.59 Å². The molecule has 6 heteroatoms. The second kappa shape index (κ2) is 9.31. The Kier molecular flexibility index (Phi) is 6.80. The van der Waals surface area contributed by atoms with E-state index in [1.165, 1.54) is 0 Å². The van der Waals surface area contributed by atoms with Crippen LogP contribution in [0.4, 0.5) is 11.4 Å². The van der Waals surface area contributed by atoms with E-state index in [0.717, 1.165) is 37.2 Å². The molecule has 1 fully saturated rings. The molecule has 1 heterocycles. The minimum Gasteiger partial charge on any atom is -0.377 e. The summed E-state index contributed by atoms with van der Waals surface area (Å²) in [6.07, 6.45) is 2.04. The van der Waals surface area contributed by atoms with Crippen molar-refractivity contribution in [3.8, 4) is 0 Å². The lowest BCUT2D eigenvalue weighted by atomic mass is 9.98. The Hall–Kier alpha value is -2.53. The molecular weight excluding hydrogens is 386 g/mol. The Morgan fingerprint density at radius 3 is 2.38 bits per heavy atom. The van der Waals surface area contributed by atoms with Crippen molar-refractivity contribution in [2.24, 2.45) is 5.92 Å². The Morgan fingerprint density at radius 1 is 1.10 bits per heavy atom. The highest BCUT2D eigenvalue weighted by atomic mass is 35.5. The number of piperidine rings is 1. The number of hydrogen-bond donors (Lipinski definition) is 1. The Balaban J connectivity index is 1.81. The summed E-state index contributed by atoms with van der Waals surface area (Å²) >= 11 is 6.33. The van der Waals surface area contributed by atoms with Gasteiger partial charge in [-0.25, -0.2) is 0 Å². The van der Waals surface area contributed by atoms with Crippen LogP contribution < -0.4 is 10.2 Å².